The normalized spacial score (nSPS) is 17.9. The number of fused-ring (bicyclic) bond motifs is 3. The third-order valence-electron chi connectivity index (χ3n) is 7.23. The predicted octanol–water partition coefficient (Wildman–Crippen LogP) is 3.77. The van der Waals surface area contributed by atoms with Crippen LogP contribution in [0.5, 0.6) is 0 Å². The fraction of sp³-hybridized carbons (Fsp3) is 0.423. The molecule has 2 aromatic carbocycles. The molecule has 33 heavy (non-hydrogen) atoms. The van der Waals surface area contributed by atoms with Crippen LogP contribution in [-0.4, -0.2) is 53.7 Å². The molecule has 0 atom stereocenters. The highest BCUT2D eigenvalue weighted by molar-refractivity contribution is 5.88. The summed E-state index contributed by atoms with van der Waals surface area (Å²) in [5.41, 5.74) is 3.90. The van der Waals surface area contributed by atoms with Crippen LogP contribution in [0, 0.1) is 5.41 Å². The van der Waals surface area contributed by atoms with Crippen molar-refractivity contribution in [3.63, 3.8) is 0 Å². The van der Waals surface area contributed by atoms with Crippen molar-refractivity contribution in [1.29, 1.82) is 0 Å². The lowest BCUT2D eigenvalue weighted by molar-refractivity contribution is -0.154. The quantitative estimate of drug-likeness (QED) is 0.641. The molecule has 172 valence electrons. The lowest BCUT2D eigenvalue weighted by Crippen LogP contribution is -2.55. The zero-order valence-corrected chi connectivity index (χ0v) is 18.5. The van der Waals surface area contributed by atoms with Crippen LogP contribution in [0.4, 0.5) is 4.79 Å². The second-order valence-corrected chi connectivity index (χ2v) is 9.37. The van der Waals surface area contributed by atoms with Crippen LogP contribution < -0.4 is 5.32 Å². The Morgan fingerprint density at radius 3 is 2.12 bits per heavy atom. The molecular weight excluding hydrogens is 420 g/mol. The summed E-state index contributed by atoms with van der Waals surface area (Å²) < 4.78 is 5.60. The molecule has 5 rings (SSSR count). The number of carbonyl (C=O) groups is 3. The largest absolute Gasteiger partial charge is 0.480 e. The number of carboxylic acids is 1. The SMILES string of the molecule is O=C(O)CN(C(=O)C1(CNC(=O)OCC2c3ccccc3-c3ccccc32)CCC1)C1CC1. The average Bonchev–Trinajstić information content (AvgIpc) is 3.58. The minimum Gasteiger partial charge on any atom is -0.480 e. The van der Waals surface area contributed by atoms with Gasteiger partial charge in [-0.2, -0.15) is 0 Å². The van der Waals surface area contributed by atoms with E-state index in [0.717, 1.165) is 30.4 Å². The van der Waals surface area contributed by atoms with Crippen molar-refractivity contribution in [3.05, 3.63) is 59.7 Å². The van der Waals surface area contributed by atoms with Crippen molar-refractivity contribution < 1.29 is 24.2 Å². The van der Waals surface area contributed by atoms with Crippen molar-refractivity contribution in [2.24, 2.45) is 5.41 Å². The van der Waals surface area contributed by atoms with Crippen molar-refractivity contribution in [2.45, 2.75) is 44.1 Å². The number of benzene rings is 2. The van der Waals surface area contributed by atoms with Gasteiger partial charge in [0, 0.05) is 18.5 Å². The number of ether oxygens (including phenoxy) is 1. The van der Waals surface area contributed by atoms with Gasteiger partial charge in [-0.3, -0.25) is 9.59 Å². The summed E-state index contributed by atoms with van der Waals surface area (Å²) in [6.07, 6.45) is 3.33. The zero-order valence-electron chi connectivity index (χ0n) is 18.5. The van der Waals surface area contributed by atoms with E-state index in [0.29, 0.717) is 12.8 Å². The summed E-state index contributed by atoms with van der Waals surface area (Å²) in [4.78, 5) is 38.5. The first-order valence-electron chi connectivity index (χ1n) is 11.6. The molecule has 2 fully saturated rings. The van der Waals surface area contributed by atoms with Crippen LogP contribution in [0.25, 0.3) is 11.1 Å². The summed E-state index contributed by atoms with van der Waals surface area (Å²) in [5, 5.41) is 12.0. The van der Waals surface area contributed by atoms with E-state index in [-0.39, 0.29) is 37.6 Å². The van der Waals surface area contributed by atoms with E-state index in [9.17, 15) is 19.5 Å². The fourth-order valence-corrected chi connectivity index (χ4v) is 5.16. The van der Waals surface area contributed by atoms with Crippen molar-refractivity contribution in [1.82, 2.24) is 10.2 Å². The molecule has 7 nitrogen and oxygen atoms in total. The second kappa shape index (κ2) is 8.54. The van der Waals surface area contributed by atoms with Crippen LogP contribution >= 0.6 is 0 Å². The van der Waals surface area contributed by atoms with E-state index < -0.39 is 17.5 Å². The number of alkyl carbamates (subject to hydrolysis) is 1. The van der Waals surface area contributed by atoms with Crippen LogP contribution in [0.3, 0.4) is 0 Å². The molecular formula is C26H28N2O5. The molecule has 0 heterocycles. The maximum atomic E-state index is 13.2. The molecule has 2 aromatic rings. The van der Waals surface area contributed by atoms with E-state index in [4.69, 9.17) is 4.74 Å². The number of nitrogens with zero attached hydrogens (tertiary/aromatic N) is 1. The summed E-state index contributed by atoms with van der Waals surface area (Å²) in [6, 6.07) is 16.3. The highest BCUT2D eigenvalue weighted by Gasteiger charge is 2.49. The van der Waals surface area contributed by atoms with E-state index >= 15 is 0 Å². The van der Waals surface area contributed by atoms with Crippen molar-refractivity contribution >= 4 is 18.0 Å². The monoisotopic (exact) mass is 448 g/mol. The van der Waals surface area contributed by atoms with Gasteiger partial charge in [0.1, 0.15) is 13.2 Å². The topological polar surface area (TPSA) is 95.9 Å². The lowest BCUT2D eigenvalue weighted by Gasteiger charge is -2.43. The second-order valence-electron chi connectivity index (χ2n) is 9.37. The van der Waals surface area contributed by atoms with Crippen LogP contribution in [-0.2, 0) is 14.3 Å². The number of aliphatic carboxylic acids is 1. The van der Waals surface area contributed by atoms with Gasteiger partial charge >= 0.3 is 12.1 Å². The zero-order chi connectivity index (χ0) is 23.0. The third kappa shape index (κ3) is 4.08. The summed E-state index contributed by atoms with van der Waals surface area (Å²) in [7, 11) is 0. The number of carboxylic acid groups (broad SMARTS) is 1. The number of nitrogens with one attached hydrogen (secondary N) is 1. The van der Waals surface area contributed by atoms with E-state index in [1.807, 2.05) is 24.3 Å². The maximum Gasteiger partial charge on any atom is 0.407 e. The first-order valence-corrected chi connectivity index (χ1v) is 11.6. The lowest BCUT2D eigenvalue weighted by atomic mass is 9.67. The van der Waals surface area contributed by atoms with Crippen LogP contribution in [0.15, 0.2) is 48.5 Å². The molecule has 0 bridgehead atoms. The molecule has 2 amide bonds. The summed E-state index contributed by atoms with van der Waals surface area (Å²) in [6.45, 7) is 0.107. The Morgan fingerprint density at radius 2 is 1.61 bits per heavy atom. The van der Waals surface area contributed by atoms with Gasteiger partial charge in [0.2, 0.25) is 5.91 Å². The smallest absolute Gasteiger partial charge is 0.407 e. The molecule has 0 spiro atoms. The van der Waals surface area contributed by atoms with Gasteiger partial charge in [-0.25, -0.2) is 4.79 Å². The van der Waals surface area contributed by atoms with Gasteiger partial charge in [-0.15, -0.1) is 0 Å². The molecule has 3 aliphatic carbocycles. The first kappa shape index (κ1) is 21.5. The van der Waals surface area contributed by atoms with E-state index in [1.165, 1.54) is 16.0 Å². The fourth-order valence-electron chi connectivity index (χ4n) is 5.16. The highest BCUT2D eigenvalue weighted by atomic mass is 16.5. The Labute approximate surface area is 192 Å². The molecule has 0 aromatic heterocycles. The minimum atomic E-state index is -1.01. The summed E-state index contributed by atoms with van der Waals surface area (Å²) >= 11 is 0. The van der Waals surface area contributed by atoms with Gasteiger partial charge in [-0.1, -0.05) is 55.0 Å². The average molecular weight is 449 g/mol. The highest BCUT2D eigenvalue weighted by Crippen LogP contribution is 2.45. The van der Waals surface area contributed by atoms with Crippen molar-refractivity contribution in [3.8, 4) is 11.1 Å². The molecule has 2 N–H and O–H groups in total. The summed E-state index contributed by atoms with van der Waals surface area (Å²) in [5.74, 6) is -1.19. The minimum absolute atomic E-state index is 0.0144. The Morgan fingerprint density at radius 1 is 1.00 bits per heavy atom. The van der Waals surface area contributed by atoms with Crippen LogP contribution in [0.2, 0.25) is 0 Å². The number of carbonyl (C=O) groups excluding carboxylic acids is 2. The number of hydrogen-bond donors (Lipinski definition) is 2. The van der Waals surface area contributed by atoms with Gasteiger partial charge < -0.3 is 20.1 Å². The van der Waals surface area contributed by atoms with Gasteiger partial charge in [0.25, 0.3) is 0 Å². The van der Waals surface area contributed by atoms with Crippen LogP contribution in [0.1, 0.15) is 49.1 Å². The molecule has 0 unspecified atom stereocenters. The Balaban J connectivity index is 1.21. The third-order valence-corrected chi connectivity index (χ3v) is 7.23. The number of hydrogen-bond acceptors (Lipinski definition) is 4. The molecule has 0 aliphatic heterocycles. The van der Waals surface area contributed by atoms with E-state index in [2.05, 4.69) is 29.6 Å². The molecule has 3 aliphatic rings. The molecule has 7 heteroatoms. The molecule has 0 radical (unpaired) electrons. The first-order chi connectivity index (χ1) is 16.0. The van der Waals surface area contributed by atoms with Gasteiger partial charge in [0.15, 0.2) is 0 Å². The molecule has 0 saturated heterocycles. The number of amides is 2. The van der Waals surface area contributed by atoms with Crippen molar-refractivity contribution in [2.75, 3.05) is 19.7 Å². The Kier molecular flexibility index (Phi) is 5.56. The Bertz CT molecular complexity index is 1040. The van der Waals surface area contributed by atoms with E-state index in [1.54, 1.807) is 0 Å². The maximum absolute atomic E-state index is 13.2. The standard InChI is InChI=1S/C26H28N2O5/c29-23(30)14-28(17-10-11-17)24(31)26(12-5-13-26)16-27-25(32)33-15-22-20-8-3-1-6-18(20)19-7-2-4-9-21(19)22/h1-4,6-9,17,22H,5,10-16H2,(H,27,32)(H,29,30). The molecule has 2 saturated carbocycles. The van der Waals surface area contributed by atoms with Gasteiger partial charge in [0.05, 0.1) is 5.41 Å². The Hall–Kier alpha value is -3.35. The predicted molar refractivity (Wildman–Crippen MR) is 122 cm³/mol. The van der Waals surface area contributed by atoms with Gasteiger partial charge in [-0.05, 0) is 47.9 Å². The number of rotatable bonds is 8.